The van der Waals surface area contributed by atoms with E-state index in [1.807, 2.05) is 25.1 Å². The first kappa shape index (κ1) is 16.9. The van der Waals surface area contributed by atoms with Gasteiger partial charge in [0.1, 0.15) is 5.82 Å². The van der Waals surface area contributed by atoms with E-state index >= 15 is 0 Å². The van der Waals surface area contributed by atoms with Gasteiger partial charge in [0.2, 0.25) is 0 Å². The van der Waals surface area contributed by atoms with Crippen molar-refractivity contribution in [2.45, 2.75) is 19.8 Å². The van der Waals surface area contributed by atoms with Crippen molar-refractivity contribution in [2.75, 3.05) is 39.9 Å². The molecule has 0 saturated carbocycles. The second kappa shape index (κ2) is 7.77. The van der Waals surface area contributed by atoms with E-state index < -0.39 is 0 Å². The topological polar surface area (TPSA) is 70.2 Å². The summed E-state index contributed by atoms with van der Waals surface area (Å²) in [4.78, 5) is 22.4. The monoisotopic (exact) mass is 330 g/mol. The molecule has 1 amide bonds. The number of nitrogens with zero attached hydrogens (tertiary/aromatic N) is 2. The van der Waals surface area contributed by atoms with Crippen molar-refractivity contribution in [3.05, 3.63) is 29.6 Å². The molecule has 1 atom stereocenters. The van der Waals surface area contributed by atoms with Crippen molar-refractivity contribution in [3.63, 3.8) is 0 Å². The predicted octanol–water partition coefficient (Wildman–Crippen LogP) is 1.96. The predicted molar refractivity (Wildman–Crippen MR) is 94.2 cm³/mol. The minimum Gasteiger partial charge on any atom is -0.385 e. The molecule has 0 bridgehead atoms. The van der Waals surface area contributed by atoms with Crippen molar-refractivity contribution < 1.29 is 9.53 Å². The second-order valence-corrected chi connectivity index (χ2v) is 6.57. The fourth-order valence-corrected chi connectivity index (χ4v) is 3.33. The van der Waals surface area contributed by atoms with Crippen molar-refractivity contribution in [2.24, 2.45) is 5.92 Å². The third-order valence-corrected chi connectivity index (χ3v) is 4.61. The molecule has 2 aromatic rings. The molecule has 1 aliphatic heterocycles. The van der Waals surface area contributed by atoms with Crippen LogP contribution in [0.4, 0.5) is 0 Å². The maximum Gasteiger partial charge on any atom is 0.251 e. The molecule has 24 heavy (non-hydrogen) atoms. The minimum absolute atomic E-state index is 0.0120. The van der Waals surface area contributed by atoms with E-state index in [2.05, 4.69) is 20.2 Å². The van der Waals surface area contributed by atoms with Crippen LogP contribution in [0.3, 0.4) is 0 Å². The summed E-state index contributed by atoms with van der Waals surface area (Å²) in [5, 5.41) is 3.08. The largest absolute Gasteiger partial charge is 0.385 e. The molecule has 0 radical (unpaired) electrons. The number of aryl methyl sites for hydroxylation is 1. The van der Waals surface area contributed by atoms with Crippen LogP contribution in [0.25, 0.3) is 11.0 Å². The maximum atomic E-state index is 12.4. The number of carbonyl (C=O) groups excluding carboxylic acids is 1. The van der Waals surface area contributed by atoms with Gasteiger partial charge in [0.05, 0.1) is 11.0 Å². The lowest BCUT2D eigenvalue weighted by Crippen LogP contribution is -2.31. The summed E-state index contributed by atoms with van der Waals surface area (Å²) in [6, 6.07) is 5.60. The first-order valence-corrected chi connectivity index (χ1v) is 8.61. The zero-order chi connectivity index (χ0) is 16.9. The lowest BCUT2D eigenvalue weighted by molar-refractivity contribution is 0.0947. The highest BCUT2D eigenvalue weighted by Crippen LogP contribution is 2.16. The number of benzene rings is 1. The van der Waals surface area contributed by atoms with Gasteiger partial charge in [-0.25, -0.2) is 4.98 Å². The Kier molecular flexibility index (Phi) is 5.48. The highest BCUT2D eigenvalue weighted by molar-refractivity contribution is 5.97. The van der Waals surface area contributed by atoms with Gasteiger partial charge in [0.25, 0.3) is 5.91 Å². The van der Waals surface area contributed by atoms with Crippen molar-refractivity contribution in [3.8, 4) is 0 Å². The smallest absolute Gasteiger partial charge is 0.251 e. The number of rotatable bonds is 7. The van der Waals surface area contributed by atoms with Crippen LogP contribution in [0.5, 0.6) is 0 Å². The number of H-pyrrole nitrogens is 1. The summed E-state index contributed by atoms with van der Waals surface area (Å²) in [6.07, 6.45) is 2.21. The van der Waals surface area contributed by atoms with Gasteiger partial charge in [-0.2, -0.15) is 0 Å². The SMILES string of the molecule is COCCCN1CC[C@H](CNC(=O)c2ccc3nc(C)[nH]c3c2)C1. The van der Waals surface area contributed by atoms with Crippen LogP contribution in [0, 0.1) is 12.8 Å². The molecule has 6 nitrogen and oxygen atoms in total. The van der Waals surface area contributed by atoms with E-state index in [1.54, 1.807) is 7.11 Å². The molecule has 0 unspecified atom stereocenters. The number of hydrogen-bond acceptors (Lipinski definition) is 4. The van der Waals surface area contributed by atoms with Gasteiger partial charge < -0.3 is 19.9 Å². The third-order valence-electron chi connectivity index (χ3n) is 4.61. The van der Waals surface area contributed by atoms with E-state index in [0.29, 0.717) is 11.5 Å². The molecule has 1 saturated heterocycles. The third kappa shape index (κ3) is 4.13. The average Bonchev–Trinajstić information content (AvgIpc) is 3.17. The molecule has 1 aromatic heterocycles. The molecule has 1 aromatic carbocycles. The normalized spacial score (nSPS) is 18.3. The number of fused-ring (bicyclic) bond motifs is 1. The van der Waals surface area contributed by atoms with Gasteiger partial charge in [-0.1, -0.05) is 0 Å². The highest BCUT2D eigenvalue weighted by Gasteiger charge is 2.22. The Morgan fingerprint density at radius 3 is 3.21 bits per heavy atom. The summed E-state index contributed by atoms with van der Waals surface area (Å²) in [5.41, 5.74) is 2.48. The van der Waals surface area contributed by atoms with Crippen LogP contribution in [0.15, 0.2) is 18.2 Å². The van der Waals surface area contributed by atoms with E-state index in [1.165, 1.54) is 0 Å². The molecule has 3 rings (SSSR count). The van der Waals surface area contributed by atoms with Crippen LogP contribution in [0.2, 0.25) is 0 Å². The Hall–Kier alpha value is -1.92. The molecular formula is C18H26N4O2. The Morgan fingerprint density at radius 2 is 2.38 bits per heavy atom. The quantitative estimate of drug-likeness (QED) is 0.762. The summed E-state index contributed by atoms with van der Waals surface area (Å²) in [7, 11) is 1.74. The number of hydrogen-bond donors (Lipinski definition) is 2. The van der Waals surface area contributed by atoms with Gasteiger partial charge in [-0.3, -0.25) is 4.79 Å². The molecule has 2 heterocycles. The summed E-state index contributed by atoms with van der Waals surface area (Å²) < 4.78 is 5.10. The second-order valence-electron chi connectivity index (χ2n) is 6.57. The van der Waals surface area contributed by atoms with Crippen LogP contribution in [-0.4, -0.2) is 60.7 Å². The highest BCUT2D eigenvalue weighted by atomic mass is 16.5. The molecule has 0 aliphatic carbocycles. The Morgan fingerprint density at radius 1 is 1.50 bits per heavy atom. The van der Waals surface area contributed by atoms with Gasteiger partial charge in [0, 0.05) is 38.9 Å². The van der Waals surface area contributed by atoms with Crippen LogP contribution in [0.1, 0.15) is 29.0 Å². The van der Waals surface area contributed by atoms with Gasteiger partial charge in [-0.15, -0.1) is 0 Å². The number of likely N-dealkylation sites (tertiary alicyclic amines) is 1. The Balaban J connectivity index is 1.48. The zero-order valence-corrected chi connectivity index (χ0v) is 14.5. The maximum absolute atomic E-state index is 12.4. The lowest BCUT2D eigenvalue weighted by atomic mass is 10.1. The number of ether oxygens (including phenoxy) is 1. The molecule has 1 aliphatic rings. The zero-order valence-electron chi connectivity index (χ0n) is 14.5. The van der Waals surface area contributed by atoms with Crippen LogP contribution in [-0.2, 0) is 4.74 Å². The Bertz CT molecular complexity index is 697. The van der Waals surface area contributed by atoms with Gasteiger partial charge in [0.15, 0.2) is 0 Å². The molecule has 130 valence electrons. The van der Waals surface area contributed by atoms with E-state index in [0.717, 1.165) is 62.5 Å². The number of aromatic nitrogens is 2. The molecule has 0 spiro atoms. The molecule has 6 heteroatoms. The molecular weight excluding hydrogens is 304 g/mol. The first-order valence-electron chi connectivity index (χ1n) is 8.61. The lowest BCUT2D eigenvalue weighted by Gasteiger charge is -2.16. The number of aromatic amines is 1. The summed E-state index contributed by atoms with van der Waals surface area (Å²) >= 11 is 0. The number of imidazole rings is 1. The van der Waals surface area contributed by atoms with E-state index in [4.69, 9.17) is 4.74 Å². The van der Waals surface area contributed by atoms with Gasteiger partial charge in [-0.05, 0) is 50.4 Å². The fourth-order valence-electron chi connectivity index (χ4n) is 3.33. The Labute approximate surface area is 142 Å². The number of carbonyl (C=O) groups is 1. The minimum atomic E-state index is -0.0120. The van der Waals surface area contributed by atoms with Crippen LogP contribution >= 0.6 is 0 Å². The number of nitrogens with one attached hydrogen (secondary N) is 2. The summed E-state index contributed by atoms with van der Waals surface area (Å²) in [6.45, 7) is 6.71. The van der Waals surface area contributed by atoms with Gasteiger partial charge >= 0.3 is 0 Å². The summed E-state index contributed by atoms with van der Waals surface area (Å²) in [5.74, 6) is 1.39. The van der Waals surface area contributed by atoms with Crippen LogP contribution < -0.4 is 5.32 Å². The van der Waals surface area contributed by atoms with Crippen molar-refractivity contribution in [1.29, 1.82) is 0 Å². The molecule has 1 fully saturated rings. The van der Waals surface area contributed by atoms with E-state index in [9.17, 15) is 4.79 Å². The number of amides is 1. The standard InChI is InChI=1S/C18H26N4O2/c1-13-20-16-5-4-15(10-17(16)21-13)18(23)19-11-14-6-8-22(12-14)7-3-9-24-2/h4-5,10,14H,3,6-9,11-12H2,1-2H3,(H,19,23)(H,20,21)/t14-/m1/s1. The average molecular weight is 330 g/mol. The fraction of sp³-hybridized carbons (Fsp3) is 0.556. The molecule has 2 N–H and O–H groups in total. The van der Waals surface area contributed by atoms with Crippen molar-refractivity contribution in [1.82, 2.24) is 20.2 Å². The van der Waals surface area contributed by atoms with E-state index in [-0.39, 0.29) is 5.91 Å². The first-order chi connectivity index (χ1) is 11.7. The van der Waals surface area contributed by atoms with Crippen molar-refractivity contribution >= 4 is 16.9 Å². The number of methoxy groups -OCH3 is 1.